The number of primary amides is 1. The van der Waals surface area contributed by atoms with Crippen LogP contribution in [-0.4, -0.2) is 23.3 Å². The Bertz CT molecular complexity index is 826. The minimum Gasteiger partial charge on any atom is -0.366 e. The molecule has 0 fully saturated rings. The molecular weight excluding hydrogens is 324 g/mol. The third kappa shape index (κ3) is 4.92. The lowest BCUT2D eigenvalue weighted by Gasteiger charge is -2.32. The van der Waals surface area contributed by atoms with Gasteiger partial charge in [0.25, 0.3) is 0 Å². The molecule has 2 rings (SSSR count). The zero-order valence-corrected chi connectivity index (χ0v) is 16.6. The van der Waals surface area contributed by atoms with Crippen molar-refractivity contribution in [1.29, 1.82) is 0 Å². The van der Waals surface area contributed by atoms with Gasteiger partial charge in [-0.2, -0.15) is 0 Å². The highest BCUT2D eigenvalue weighted by atomic mass is 16.1. The van der Waals surface area contributed by atoms with Crippen molar-refractivity contribution in [2.75, 3.05) is 0 Å². The van der Waals surface area contributed by atoms with E-state index in [1.54, 1.807) is 6.07 Å². The van der Waals surface area contributed by atoms with Gasteiger partial charge < -0.3 is 11.1 Å². The second kappa shape index (κ2) is 7.20. The van der Waals surface area contributed by atoms with E-state index >= 15 is 0 Å². The van der Waals surface area contributed by atoms with E-state index in [9.17, 15) is 9.59 Å². The van der Waals surface area contributed by atoms with E-state index < -0.39 is 11.3 Å². The first-order chi connectivity index (χ1) is 11.9. The Labute approximate surface area is 156 Å². The lowest BCUT2D eigenvalue weighted by atomic mass is 9.83. The summed E-state index contributed by atoms with van der Waals surface area (Å²) in [5.74, 6) is -0.239. The predicted octanol–water partition coefficient (Wildman–Crippen LogP) is 3.85. The number of fused-ring (bicyclic) bond motifs is 1. The number of hydrogen-bond donors (Lipinski definition) is 2. The third-order valence-electron chi connectivity index (χ3n) is 4.31. The fraction of sp³-hybridized carbons (Fsp3) is 0.455. The van der Waals surface area contributed by atoms with E-state index in [-0.39, 0.29) is 17.4 Å². The maximum Gasteiger partial charge on any atom is 0.249 e. The summed E-state index contributed by atoms with van der Waals surface area (Å²) in [6, 6.07) is 11.2. The van der Waals surface area contributed by atoms with E-state index in [4.69, 9.17) is 5.73 Å². The first-order valence-electron chi connectivity index (χ1n) is 9.02. The van der Waals surface area contributed by atoms with Gasteiger partial charge in [0.1, 0.15) is 0 Å². The van der Waals surface area contributed by atoms with Crippen molar-refractivity contribution in [2.45, 2.75) is 59.5 Å². The number of ketones is 1. The number of Topliss-reactive ketones (excluding diaryl/α,β-unsaturated/α-hetero) is 1. The maximum atomic E-state index is 12.9. The number of carbonyl (C=O) groups excluding carboxylic acids is 2. The van der Waals surface area contributed by atoms with Crippen LogP contribution in [0.5, 0.6) is 0 Å². The van der Waals surface area contributed by atoms with Crippen LogP contribution in [0.4, 0.5) is 0 Å². The highest BCUT2D eigenvalue weighted by molar-refractivity contribution is 6.06. The lowest BCUT2D eigenvalue weighted by molar-refractivity contribution is -0.128. The van der Waals surface area contributed by atoms with Crippen LogP contribution in [0.25, 0.3) is 10.8 Å². The molecule has 0 saturated heterocycles. The minimum atomic E-state index is -0.432. The number of rotatable bonds is 5. The minimum absolute atomic E-state index is 0.165. The number of benzene rings is 2. The van der Waals surface area contributed by atoms with Crippen molar-refractivity contribution in [2.24, 2.45) is 11.1 Å². The molecule has 140 valence electrons. The Balaban J connectivity index is 2.39. The fourth-order valence-electron chi connectivity index (χ4n) is 3.17. The zero-order valence-electron chi connectivity index (χ0n) is 16.6. The molecule has 4 nitrogen and oxygen atoms in total. The van der Waals surface area contributed by atoms with Gasteiger partial charge in [0.2, 0.25) is 5.91 Å². The van der Waals surface area contributed by atoms with Crippen LogP contribution in [0.3, 0.4) is 0 Å². The van der Waals surface area contributed by atoms with Gasteiger partial charge in [-0.05, 0) is 49.6 Å². The summed E-state index contributed by atoms with van der Waals surface area (Å²) in [6.45, 7) is 12.0. The Morgan fingerprint density at radius 1 is 1.04 bits per heavy atom. The predicted molar refractivity (Wildman–Crippen MR) is 107 cm³/mol. The van der Waals surface area contributed by atoms with E-state index in [2.05, 4.69) is 26.1 Å². The van der Waals surface area contributed by atoms with Crippen LogP contribution >= 0.6 is 0 Å². The molecule has 1 unspecified atom stereocenters. The summed E-state index contributed by atoms with van der Waals surface area (Å²) in [6.07, 6.45) is 0.601. The van der Waals surface area contributed by atoms with E-state index in [1.165, 1.54) is 0 Å². The molecule has 1 atom stereocenters. The molecule has 0 saturated carbocycles. The smallest absolute Gasteiger partial charge is 0.249 e. The maximum absolute atomic E-state index is 12.9. The zero-order chi connectivity index (χ0) is 19.7. The van der Waals surface area contributed by atoms with Gasteiger partial charge in [-0.25, -0.2) is 0 Å². The van der Waals surface area contributed by atoms with Crippen molar-refractivity contribution in [3.05, 3.63) is 47.5 Å². The average Bonchev–Trinajstić information content (AvgIpc) is 2.50. The molecule has 1 amide bonds. The molecular formula is C22H30N2O2. The molecule has 3 N–H and O–H groups in total. The van der Waals surface area contributed by atoms with E-state index in [1.807, 2.05) is 51.1 Å². The molecule has 2 aromatic rings. The first-order valence-corrected chi connectivity index (χ1v) is 9.02. The van der Waals surface area contributed by atoms with Crippen molar-refractivity contribution in [3.8, 4) is 0 Å². The van der Waals surface area contributed by atoms with E-state index in [0.717, 1.165) is 16.3 Å². The number of nitrogens with two attached hydrogens (primary N) is 1. The van der Waals surface area contributed by atoms with Gasteiger partial charge in [-0.15, -0.1) is 0 Å². The highest BCUT2D eigenvalue weighted by Gasteiger charge is 2.32. The van der Waals surface area contributed by atoms with Gasteiger partial charge in [-0.1, -0.05) is 51.1 Å². The molecule has 0 heterocycles. The topological polar surface area (TPSA) is 72.2 Å². The quantitative estimate of drug-likeness (QED) is 0.856. The molecule has 0 spiro atoms. The Morgan fingerprint density at radius 3 is 2.23 bits per heavy atom. The summed E-state index contributed by atoms with van der Waals surface area (Å²) in [5, 5.41) is 5.26. The third-order valence-corrected chi connectivity index (χ3v) is 4.31. The van der Waals surface area contributed by atoms with Crippen molar-refractivity contribution in [3.63, 3.8) is 0 Å². The summed E-state index contributed by atoms with van der Waals surface area (Å²) >= 11 is 0. The van der Waals surface area contributed by atoms with Crippen molar-refractivity contribution in [1.82, 2.24) is 5.32 Å². The monoisotopic (exact) mass is 354 g/mol. The number of nitrogens with one attached hydrogen (secondary N) is 1. The Kier molecular flexibility index (Phi) is 5.57. The van der Waals surface area contributed by atoms with Gasteiger partial charge >= 0.3 is 0 Å². The molecule has 0 radical (unpaired) electrons. The molecule has 0 bridgehead atoms. The Morgan fingerprint density at radius 2 is 1.69 bits per heavy atom. The Hall–Kier alpha value is -2.20. The summed E-state index contributed by atoms with van der Waals surface area (Å²) in [4.78, 5) is 24.5. The molecule has 0 aliphatic rings. The summed E-state index contributed by atoms with van der Waals surface area (Å²) < 4.78 is 0. The largest absolute Gasteiger partial charge is 0.366 e. The van der Waals surface area contributed by atoms with Crippen LogP contribution in [0.15, 0.2) is 36.4 Å². The normalized spacial score (nSPS) is 13.6. The van der Waals surface area contributed by atoms with Crippen LogP contribution < -0.4 is 11.1 Å². The summed E-state index contributed by atoms with van der Waals surface area (Å²) in [7, 11) is 0. The van der Waals surface area contributed by atoms with E-state index in [0.29, 0.717) is 12.0 Å². The molecule has 2 aromatic carbocycles. The number of amides is 1. The van der Waals surface area contributed by atoms with Crippen molar-refractivity contribution < 1.29 is 9.59 Å². The van der Waals surface area contributed by atoms with Gasteiger partial charge in [0, 0.05) is 16.5 Å². The van der Waals surface area contributed by atoms with Crippen LogP contribution in [0.2, 0.25) is 0 Å². The fourth-order valence-corrected chi connectivity index (χ4v) is 3.17. The number of hydrogen-bond acceptors (Lipinski definition) is 3. The van der Waals surface area contributed by atoms with Crippen molar-refractivity contribution >= 4 is 22.5 Å². The molecule has 26 heavy (non-hydrogen) atoms. The van der Waals surface area contributed by atoms with Crippen LogP contribution in [-0.2, 0) is 11.2 Å². The SMILES string of the molecule is CC(C)(C)NC(Cc1ccc2c(C(N)=O)cccc2c1)C(=O)C(C)(C)C. The summed E-state index contributed by atoms with van der Waals surface area (Å²) in [5.41, 5.74) is 6.45. The standard InChI is InChI=1S/C22H30N2O2/c1-21(2,3)19(25)18(24-22(4,5)6)13-14-10-11-16-15(12-14)8-7-9-17(16)20(23)26/h7-12,18,24H,13H2,1-6H3,(H2,23,26). The van der Waals surface area contributed by atoms with Gasteiger partial charge in [0.05, 0.1) is 6.04 Å². The van der Waals surface area contributed by atoms with Crippen LogP contribution in [0, 0.1) is 5.41 Å². The highest BCUT2D eigenvalue weighted by Crippen LogP contribution is 2.24. The van der Waals surface area contributed by atoms with Gasteiger partial charge in [0.15, 0.2) is 5.78 Å². The first kappa shape index (κ1) is 20.1. The molecule has 0 aliphatic carbocycles. The lowest BCUT2D eigenvalue weighted by Crippen LogP contribution is -2.51. The molecule has 0 aliphatic heterocycles. The second-order valence-corrected chi connectivity index (χ2v) is 8.99. The number of carbonyl (C=O) groups is 2. The van der Waals surface area contributed by atoms with Crippen LogP contribution in [0.1, 0.15) is 57.5 Å². The molecule has 0 aromatic heterocycles. The molecule has 4 heteroatoms. The van der Waals surface area contributed by atoms with Gasteiger partial charge in [-0.3, -0.25) is 9.59 Å². The average molecular weight is 354 g/mol. The second-order valence-electron chi connectivity index (χ2n) is 8.99.